The second kappa shape index (κ2) is 6.33. The van der Waals surface area contributed by atoms with Crippen molar-refractivity contribution in [3.63, 3.8) is 0 Å². The van der Waals surface area contributed by atoms with Gasteiger partial charge in [0, 0.05) is 16.0 Å². The molecule has 25 heavy (non-hydrogen) atoms. The van der Waals surface area contributed by atoms with Gasteiger partial charge < -0.3 is 9.47 Å². The summed E-state index contributed by atoms with van der Waals surface area (Å²) < 4.78 is 24.3. The smallest absolute Gasteiger partial charge is 0.348 e. The van der Waals surface area contributed by atoms with Crippen molar-refractivity contribution >= 4 is 17.3 Å². The van der Waals surface area contributed by atoms with Gasteiger partial charge in [-0.3, -0.25) is 0 Å². The minimum atomic E-state index is -0.448. The third kappa shape index (κ3) is 3.03. The molecule has 0 N–H and O–H groups in total. The van der Waals surface area contributed by atoms with Crippen LogP contribution in [0.2, 0.25) is 0 Å². The Morgan fingerprint density at radius 3 is 2.76 bits per heavy atom. The van der Waals surface area contributed by atoms with Crippen molar-refractivity contribution in [3.05, 3.63) is 76.4 Å². The standard InChI is InChI=1S/C20H15FO3S/c1-12(13-6-8-15(21)9-7-13)24-20(22)18-10-14-11-23-17-5-3-2-4-16(17)19(14)25-18/h2-10,12H,11H2,1H3/t12-/m0/s1. The largest absolute Gasteiger partial charge is 0.488 e. The first kappa shape index (κ1) is 15.8. The monoisotopic (exact) mass is 354 g/mol. The predicted molar refractivity (Wildman–Crippen MR) is 94.3 cm³/mol. The minimum absolute atomic E-state index is 0.313. The van der Waals surface area contributed by atoms with E-state index < -0.39 is 6.10 Å². The van der Waals surface area contributed by atoms with Crippen molar-refractivity contribution in [2.24, 2.45) is 0 Å². The Labute approximate surface area is 148 Å². The Morgan fingerprint density at radius 1 is 1.20 bits per heavy atom. The number of hydrogen-bond acceptors (Lipinski definition) is 4. The minimum Gasteiger partial charge on any atom is -0.488 e. The van der Waals surface area contributed by atoms with E-state index in [0.29, 0.717) is 11.5 Å². The number of thiophene rings is 1. The molecule has 2 heterocycles. The van der Waals surface area contributed by atoms with Gasteiger partial charge in [0.2, 0.25) is 0 Å². The van der Waals surface area contributed by atoms with Crippen LogP contribution < -0.4 is 4.74 Å². The normalized spacial score (nSPS) is 13.4. The first-order chi connectivity index (χ1) is 12.1. The van der Waals surface area contributed by atoms with Crippen LogP contribution in [0.25, 0.3) is 10.4 Å². The number of fused-ring (bicyclic) bond motifs is 3. The summed E-state index contributed by atoms with van der Waals surface area (Å²) in [5, 5.41) is 0. The molecule has 0 bridgehead atoms. The summed E-state index contributed by atoms with van der Waals surface area (Å²) in [7, 11) is 0. The second-order valence-electron chi connectivity index (χ2n) is 5.85. The summed E-state index contributed by atoms with van der Waals surface area (Å²) >= 11 is 1.41. The molecule has 0 spiro atoms. The Hall–Kier alpha value is -2.66. The van der Waals surface area contributed by atoms with Crippen LogP contribution in [-0.4, -0.2) is 5.97 Å². The molecule has 1 aliphatic rings. The van der Waals surface area contributed by atoms with E-state index in [-0.39, 0.29) is 11.8 Å². The van der Waals surface area contributed by atoms with Crippen LogP contribution in [0.3, 0.4) is 0 Å². The summed E-state index contributed by atoms with van der Waals surface area (Å²) in [6, 6.07) is 15.6. The Balaban J connectivity index is 1.56. The Bertz CT molecular complexity index is 930. The third-order valence-electron chi connectivity index (χ3n) is 4.15. The second-order valence-corrected chi connectivity index (χ2v) is 6.90. The molecule has 1 aliphatic heterocycles. The number of ether oxygens (including phenoxy) is 2. The number of hydrogen-bond donors (Lipinski definition) is 0. The van der Waals surface area contributed by atoms with Gasteiger partial charge in [-0.25, -0.2) is 9.18 Å². The number of rotatable bonds is 3. The van der Waals surface area contributed by atoms with Gasteiger partial charge in [-0.2, -0.15) is 0 Å². The Morgan fingerprint density at radius 2 is 1.96 bits per heavy atom. The van der Waals surface area contributed by atoms with E-state index in [1.165, 1.54) is 23.5 Å². The molecule has 5 heteroatoms. The molecule has 3 nitrogen and oxygen atoms in total. The highest BCUT2D eigenvalue weighted by atomic mass is 32.1. The van der Waals surface area contributed by atoms with Crippen LogP contribution in [0.5, 0.6) is 5.75 Å². The maximum atomic E-state index is 13.0. The summed E-state index contributed by atoms with van der Waals surface area (Å²) in [6.45, 7) is 2.22. The van der Waals surface area contributed by atoms with Crippen molar-refractivity contribution < 1.29 is 18.7 Å². The van der Waals surface area contributed by atoms with Crippen molar-refractivity contribution in [3.8, 4) is 16.2 Å². The number of carbonyl (C=O) groups excluding carboxylic acids is 1. The maximum Gasteiger partial charge on any atom is 0.348 e. The van der Waals surface area contributed by atoms with Crippen LogP contribution >= 0.6 is 11.3 Å². The van der Waals surface area contributed by atoms with E-state index in [1.807, 2.05) is 30.3 Å². The molecular weight excluding hydrogens is 339 g/mol. The first-order valence-electron chi connectivity index (χ1n) is 7.93. The average molecular weight is 354 g/mol. The van der Waals surface area contributed by atoms with Gasteiger partial charge in [-0.15, -0.1) is 11.3 Å². The van der Waals surface area contributed by atoms with Gasteiger partial charge >= 0.3 is 5.97 Å². The van der Waals surface area contributed by atoms with E-state index in [4.69, 9.17) is 9.47 Å². The number of para-hydroxylation sites is 1. The SMILES string of the molecule is C[C@H](OC(=O)c1cc2c(s1)-c1ccccc1OC2)c1ccc(F)cc1. The zero-order valence-electron chi connectivity index (χ0n) is 13.5. The van der Waals surface area contributed by atoms with Crippen molar-refractivity contribution in [1.29, 1.82) is 0 Å². The van der Waals surface area contributed by atoms with E-state index >= 15 is 0 Å². The highest BCUT2D eigenvalue weighted by Crippen LogP contribution is 2.42. The van der Waals surface area contributed by atoms with E-state index in [1.54, 1.807) is 19.1 Å². The lowest BCUT2D eigenvalue weighted by Crippen LogP contribution is -2.08. The average Bonchev–Trinajstić information content (AvgIpc) is 3.07. The zero-order valence-corrected chi connectivity index (χ0v) is 14.3. The van der Waals surface area contributed by atoms with Crippen molar-refractivity contribution in [1.82, 2.24) is 0 Å². The van der Waals surface area contributed by atoms with Gasteiger partial charge in [0.15, 0.2) is 0 Å². The van der Waals surface area contributed by atoms with Crippen LogP contribution in [0.15, 0.2) is 54.6 Å². The van der Waals surface area contributed by atoms with Crippen LogP contribution in [-0.2, 0) is 11.3 Å². The fraction of sp³-hybridized carbons (Fsp3) is 0.150. The number of benzene rings is 2. The summed E-state index contributed by atoms with van der Waals surface area (Å²) in [5.74, 6) is 0.136. The molecule has 0 aliphatic carbocycles. The van der Waals surface area contributed by atoms with Crippen molar-refractivity contribution in [2.45, 2.75) is 19.6 Å². The molecule has 4 rings (SSSR count). The van der Waals surface area contributed by atoms with Gasteiger partial charge in [0.25, 0.3) is 0 Å². The maximum absolute atomic E-state index is 13.0. The van der Waals surface area contributed by atoms with E-state index in [9.17, 15) is 9.18 Å². The molecule has 0 radical (unpaired) electrons. The fourth-order valence-corrected chi connectivity index (χ4v) is 3.90. The molecule has 0 amide bonds. The highest BCUT2D eigenvalue weighted by Gasteiger charge is 2.24. The molecular formula is C20H15FO3S. The zero-order chi connectivity index (χ0) is 17.4. The Kier molecular flexibility index (Phi) is 4.01. The predicted octanol–water partition coefficient (Wildman–Crippen LogP) is 5.36. The summed E-state index contributed by atoms with van der Waals surface area (Å²) in [6.07, 6.45) is -0.448. The van der Waals surface area contributed by atoms with Crippen molar-refractivity contribution in [2.75, 3.05) is 0 Å². The summed E-state index contributed by atoms with van der Waals surface area (Å²) in [5.41, 5.74) is 2.74. The lowest BCUT2D eigenvalue weighted by Gasteiger charge is -2.16. The molecule has 0 saturated heterocycles. The summed E-state index contributed by atoms with van der Waals surface area (Å²) in [4.78, 5) is 14.1. The van der Waals surface area contributed by atoms with Crippen LogP contribution in [0.4, 0.5) is 4.39 Å². The molecule has 2 aromatic carbocycles. The molecule has 0 fully saturated rings. The number of halogens is 1. The molecule has 3 aromatic rings. The third-order valence-corrected chi connectivity index (χ3v) is 5.34. The fourth-order valence-electron chi connectivity index (χ4n) is 2.82. The van der Waals surface area contributed by atoms with Gasteiger partial charge in [0.1, 0.15) is 29.2 Å². The molecule has 1 aromatic heterocycles. The van der Waals surface area contributed by atoms with Gasteiger partial charge in [-0.05, 0) is 42.8 Å². The van der Waals surface area contributed by atoms with Crippen LogP contribution in [0, 0.1) is 5.82 Å². The van der Waals surface area contributed by atoms with Gasteiger partial charge in [0.05, 0.1) is 0 Å². The molecule has 1 atom stereocenters. The van der Waals surface area contributed by atoms with Crippen LogP contribution in [0.1, 0.15) is 33.8 Å². The highest BCUT2D eigenvalue weighted by molar-refractivity contribution is 7.17. The number of esters is 1. The van der Waals surface area contributed by atoms with Gasteiger partial charge in [-0.1, -0.05) is 24.3 Å². The van der Waals surface area contributed by atoms with E-state index in [2.05, 4.69) is 0 Å². The lowest BCUT2D eigenvalue weighted by atomic mass is 10.1. The lowest BCUT2D eigenvalue weighted by molar-refractivity contribution is 0.0343. The van der Waals surface area contributed by atoms with E-state index in [0.717, 1.165) is 27.3 Å². The quantitative estimate of drug-likeness (QED) is 0.594. The molecule has 126 valence electrons. The number of carbonyl (C=O) groups is 1. The molecule has 0 saturated carbocycles. The topological polar surface area (TPSA) is 35.5 Å². The first-order valence-corrected chi connectivity index (χ1v) is 8.75. The molecule has 0 unspecified atom stereocenters.